The average molecular weight is 402 g/mol. The van der Waals surface area contributed by atoms with Gasteiger partial charge in [0.1, 0.15) is 17.4 Å². The minimum Gasteiger partial charge on any atom is -0.494 e. The van der Waals surface area contributed by atoms with Crippen molar-refractivity contribution in [3.05, 3.63) is 53.8 Å². The summed E-state index contributed by atoms with van der Waals surface area (Å²) < 4.78 is 46.4. The summed E-state index contributed by atoms with van der Waals surface area (Å²) in [6, 6.07) is 12.0. The molecule has 3 aromatic rings. The summed E-state index contributed by atoms with van der Waals surface area (Å²) >= 11 is 0. The second-order valence-corrected chi connectivity index (χ2v) is 8.40. The molecule has 0 saturated heterocycles. The number of aryl methyl sites for hydroxylation is 1. The smallest absolute Gasteiger partial charge is 0.233 e. The molecule has 0 atom stereocenters. The number of anilines is 1. The van der Waals surface area contributed by atoms with E-state index >= 15 is 0 Å². The molecule has 7 heteroatoms. The fourth-order valence-electron chi connectivity index (χ4n) is 3.01. The fourth-order valence-corrected chi connectivity index (χ4v) is 4.15. The van der Waals surface area contributed by atoms with Gasteiger partial charge >= 0.3 is 0 Å². The zero-order valence-corrected chi connectivity index (χ0v) is 16.9. The Labute approximate surface area is 164 Å². The molecule has 5 nitrogen and oxygen atoms in total. The van der Waals surface area contributed by atoms with Crippen LogP contribution >= 0.6 is 0 Å². The number of hydrogen-bond donors (Lipinski definition) is 1. The maximum Gasteiger partial charge on any atom is 0.233 e. The quantitative estimate of drug-likeness (QED) is 0.610. The summed E-state index contributed by atoms with van der Waals surface area (Å²) in [7, 11) is -3.42. The van der Waals surface area contributed by atoms with Gasteiger partial charge in [-0.1, -0.05) is 13.0 Å². The Morgan fingerprint density at radius 3 is 2.57 bits per heavy atom. The van der Waals surface area contributed by atoms with Gasteiger partial charge in [-0.3, -0.25) is 4.72 Å². The number of aromatic nitrogens is 1. The molecule has 2 aromatic carbocycles. The minimum atomic E-state index is -3.42. The molecule has 0 amide bonds. The van der Waals surface area contributed by atoms with Crippen LogP contribution in [0, 0.1) is 12.7 Å². The Balaban J connectivity index is 1.98. The van der Waals surface area contributed by atoms with Gasteiger partial charge in [-0.15, -0.1) is 0 Å². The molecule has 0 unspecified atom stereocenters. The molecular formula is C21H23FN2O3S. The molecular weight excluding hydrogens is 379 g/mol. The summed E-state index contributed by atoms with van der Waals surface area (Å²) in [5, 5.41) is 0.807. The number of rotatable bonds is 7. The molecule has 1 aromatic heterocycles. The Hall–Kier alpha value is -2.67. The Bertz CT molecular complexity index is 1110. The van der Waals surface area contributed by atoms with Gasteiger partial charge < -0.3 is 4.74 Å². The van der Waals surface area contributed by atoms with E-state index in [1.165, 1.54) is 6.07 Å². The minimum absolute atomic E-state index is 0.0438. The van der Waals surface area contributed by atoms with Crippen LogP contribution in [-0.4, -0.2) is 25.8 Å². The molecule has 3 rings (SSSR count). The number of sulfonamides is 1. The Morgan fingerprint density at radius 1 is 1.11 bits per heavy atom. The molecule has 0 bridgehead atoms. The molecule has 28 heavy (non-hydrogen) atoms. The van der Waals surface area contributed by atoms with Crippen LogP contribution in [0.2, 0.25) is 0 Å². The number of nitrogens with zero attached hydrogens (tertiary/aromatic N) is 1. The van der Waals surface area contributed by atoms with E-state index in [-0.39, 0.29) is 11.6 Å². The Kier molecular flexibility index (Phi) is 5.84. The van der Waals surface area contributed by atoms with Crippen molar-refractivity contribution in [3.8, 4) is 16.9 Å². The molecule has 0 radical (unpaired) electrons. The van der Waals surface area contributed by atoms with Crippen molar-refractivity contribution in [1.82, 2.24) is 4.98 Å². The first kappa shape index (κ1) is 20.1. The van der Waals surface area contributed by atoms with E-state index in [0.717, 1.165) is 5.39 Å². The van der Waals surface area contributed by atoms with Crippen LogP contribution in [-0.2, 0) is 10.0 Å². The highest BCUT2D eigenvalue weighted by Gasteiger charge is 2.14. The van der Waals surface area contributed by atoms with Crippen LogP contribution in [0.15, 0.2) is 42.5 Å². The summed E-state index contributed by atoms with van der Waals surface area (Å²) in [5.74, 6) is 0.494. The highest BCUT2D eigenvalue weighted by molar-refractivity contribution is 7.92. The zero-order valence-electron chi connectivity index (χ0n) is 16.1. The van der Waals surface area contributed by atoms with Gasteiger partial charge in [-0.2, -0.15) is 0 Å². The van der Waals surface area contributed by atoms with E-state index in [1.807, 2.05) is 26.0 Å². The van der Waals surface area contributed by atoms with Crippen molar-refractivity contribution < 1.29 is 17.5 Å². The lowest BCUT2D eigenvalue weighted by atomic mass is 10.0. The molecule has 1 heterocycles. The summed E-state index contributed by atoms with van der Waals surface area (Å²) in [6.07, 6.45) is 0.527. The van der Waals surface area contributed by atoms with E-state index in [0.29, 0.717) is 46.8 Å². The molecule has 0 aliphatic heterocycles. The number of benzene rings is 2. The van der Waals surface area contributed by atoms with Gasteiger partial charge in [0.2, 0.25) is 10.0 Å². The normalized spacial score (nSPS) is 11.6. The van der Waals surface area contributed by atoms with Gasteiger partial charge in [0.05, 0.1) is 17.9 Å². The van der Waals surface area contributed by atoms with Crippen molar-refractivity contribution in [1.29, 1.82) is 0 Å². The lowest BCUT2D eigenvalue weighted by Crippen LogP contribution is -2.17. The second kappa shape index (κ2) is 8.14. The van der Waals surface area contributed by atoms with Gasteiger partial charge in [-0.05, 0) is 61.7 Å². The number of halogens is 1. The van der Waals surface area contributed by atoms with Crippen LogP contribution in [0.5, 0.6) is 5.75 Å². The molecule has 0 fully saturated rings. The van der Waals surface area contributed by atoms with Gasteiger partial charge in [-0.25, -0.2) is 17.8 Å². The predicted molar refractivity (Wildman–Crippen MR) is 111 cm³/mol. The summed E-state index contributed by atoms with van der Waals surface area (Å²) in [6.45, 7) is 5.92. The van der Waals surface area contributed by atoms with Crippen LogP contribution in [0.4, 0.5) is 10.2 Å². The third-order valence-electron chi connectivity index (χ3n) is 4.29. The topological polar surface area (TPSA) is 68.3 Å². The van der Waals surface area contributed by atoms with E-state index in [9.17, 15) is 12.8 Å². The summed E-state index contributed by atoms with van der Waals surface area (Å²) in [5.41, 5.74) is 2.52. The molecule has 0 aliphatic carbocycles. The second-order valence-electron chi connectivity index (χ2n) is 6.56. The highest BCUT2D eigenvalue weighted by atomic mass is 32.2. The lowest BCUT2D eigenvalue weighted by molar-refractivity contribution is 0.338. The maximum atomic E-state index is 14.5. The third kappa shape index (κ3) is 4.42. The number of fused-ring (bicyclic) bond motifs is 1. The van der Waals surface area contributed by atoms with Crippen molar-refractivity contribution in [3.63, 3.8) is 0 Å². The number of nitrogens with one attached hydrogen (secondary N) is 1. The SMILES string of the molecule is CCCS(=O)(=O)Nc1nc2ccc(-c3ccc(OCC)cc3F)cc2cc1C. The maximum absolute atomic E-state index is 14.5. The van der Waals surface area contributed by atoms with Crippen LogP contribution in [0.3, 0.4) is 0 Å². The molecule has 0 aliphatic rings. The van der Waals surface area contributed by atoms with Crippen LogP contribution < -0.4 is 9.46 Å². The van der Waals surface area contributed by atoms with Crippen LogP contribution in [0.25, 0.3) is 22.0 Å². The van der Waals surface area contributed by atoms with E-state index < -0.39 is 10.0 Å². The largest absolute Gasteiger partial charge is 0.494 e. The van der Waals surface area contributed by atoms with E-state index in [1.54, 1.807) is 31.2 Å². The zero-order chi connectivity index (χ0) is 20.3. The van der Waals surface area contributed by atoms with Gasteiger partial charge in [0.25, 0.3) is 0 Å². The molecule has 0 saturated carbocycles. The Morgan fingerprint density at radius 2 is 1.89 bits per heavy atom. The van der Waals surface area contributed by atoms with Crippen LogP contribution in [0.1, 0.15) is 25.8 Å². The van der Waals surface area contributed by atoms with Gasteiger partial charge in [0.15, 0.2) is 0 Å². The highest BCUT2D eigenvalue weighted by Crippen LogP contribution is 2.30. The third-order valence-corrected chi connectivity index (χ3v) is 5.74. The predicted octanol–water partition coefficient (Wildman–Crippen LogP) is 4.90. The van der Waals surface area contributed by atoms with E-state index in [2.05, 4.69) is 9.71 Å². The van der Waals surface area contributed by atoms with Crippen molar-refractivity contribution in [2.24, 2.45) is 0 Å². The standard InChI is InChI=1S/C21H23FN2O3S/c1-4-10-28(25,26)24-21-14(3)11-16-12-15(6-9-20(16)23-21)18-8-7-17(27-5-2)13-19(18)22/h6-9,11-13H,4-5,10H2,1-3H3,(H,23,24). The van der Waals surface area contributed by atoms with Crippen molar-refractivity contribution in [2.75, 3.05) is 17.1 Å². The number of ether oxygens (including phenoxy) is 1. The van der Waals surface area contributed by atoms with E-state index in [4.69, 9.17) is 4.74 Å². The number of hydrogen-bond acceptors (Lipinski definition) is 4. The molecule has 148 valence electrons. The summed E-state index contributed by atoms with van der Waals surface area (Å²) in [4.78, 5) is 4.43. The fraction of sp³-hybridized carbons (Fsp3) is 0.286. The monoisotopic (exact) mass is 402 g/mol. The number of pyridine rings is 1. The first-order valence-electron chi connectivity index (χ1n) is 9.17. The van der Waals surface area contributed by atoms with Crippen molar-refractivity contribution in [2.45, 2.75) is 27.2 Å². The molecule has 1 N–H and O–H groups in total. The lowest BCUT2D eigenvalue weighted by Gasteiger charge is -2.12. The average Bonchev–Trinajstić information content (AvgIpc) is 2.62. The molecule has 0 spiro atoms. The first-order chi connectivity index (χ1) is 13.3. The first-order valence-corrected chi connectivity index (χ1v) is 10.8. The van der Waals surface area contributed by atoms with Gasteiger partial charge in [0, 0.05) is 17.0 Å². The van der Waals surface area contributed by atoms with Crippen molar-refractivity contribution >= 4 is 26.7 Å².